The molecule has 0 saturated heterocycles. The summed E-state index contributed by atoms with van der Waals surface area (Å²) in [5.41, 5.74) is 0. The standard InChI is InChI=1S/C23H47NO.C23H46O.C22H45NO.C22H44O2.C22H44OS/c1-21(2)17-15-13-11-9-7-6-8-10-12-14-16-18-23(25)20-24(5)19-22(3)4;1-21(2)17-14-12-10-8-6-5-7-9-11-13-15-19-23(24)20-16-18-22(3)4;1-20(2)16-14-12-10-8-6-5-7-9-11-13-15-17-22(24)19-23-18-21(3)4;2*1-20(2)16-14-12-10-8-6-5-7-9-11-13-15-17-22(23)19-24-18-21(3)4/h21-22H,6-20H2,1-5H3;21-22H,5-20H2,1-4H3;20-21,23H,5-19H2,1-4H3;2*20-21H,5-19H2,1-4H3. The maximum atomic E-state index is 11.9. The van der Waals surface area contributed by atoms with Crippen molar-refractivity contribution in [3.05, 3.63) is 0 Å². The molecule has 0 aromatic carbocycles. The average Bonchev–Trinajstić information content (AvgIpc) is 0.993. The molecule has 0 amide bonds. The van der Waals surface area contributed by atoms with Crippen LogP contribution < -0.4 is 5.32 Å². The van der Waals surface area contributed by atoms with Gasteiger partial charge in [0, 0.05) is 51.7 Å². The van der Waals surface area contributed by atoms with E-state index in [4.69, 9.17) is 4.74 Å². The number of unbranched alkanes of at least 4 members (excludes halogenated alkanes) is 50. The molecule has 0 radical (unpaired) electrons. The molecule has 726 valence electrons. The van der Waals surface area contributed by atoms with Gasteiger partial charge in [-0.2, -0.15) is 11.8 Å². The van der Waals surface area contributed by atoms with Crippen LogP contribution in [-0.2, 0) is 28.7 Å². The lowest BCUT2D eigenvalue weighted by molar-refractivity contribution is -0.124. The Labute approximate surface area is 767 Å². The predicted molar refractivity (Wildman–Crippen MR) is 546 cm³/mol. The summed E-state index contributed by atoms with van der Waals surface area (Å²) >= 11 is 1.81. The number of nitrogens with one attached hydrogen (secondary N) is 1. The first-order valence-electron chi connectivity index (χ1n) is 54.1. The number of carbonyl (C=O) groups is 5. The van der Waals surface area contributed by atoms with Crippen LogP contribution in [0.1, 0.15) is 575 Å². The second kappa shape index (κ2) is 104. The first-order chi connectivity index (χ1) is 58.0. The minimum absolute atomic E-state index is 0.271. The van der Waals surface area contributed by atoms with Crippen LogP contribution in [0.3, 0.4) is 0 Å². The van der Waals surface area contributed by atoms with Crippen molar-refractivity contribution in [1.29, 1.82) is 0 Å². The van der Waals surface area contributed by atoms with Crippen molar-refractivity contribution in [2.75, 3.05) is 57.9 Å². The number of hydrogen-bond acceptors (Lipinski definition) is 9. The molecule has 0 aliphatic heterocycles. The predicted octanol–water partition coefficient (Wildman–Crippen LogP) is 36.1. The first kappa shape index (κ1) is 128. The minimum atomic E-state index is 0.271. The summed E-state index contributed by atoms with van der Waals surface area (Å²) in [5.74, 6) is 11.4. The molecule has 121 heavy (non-hydrogen) atoms. The summed E-state index contributed by atoms with van der Waals surface area (Å²) in [6.07, 6.45) is 88.5. The average molecular weight is 1730 g/mol. The number of hydrogen-bond donors (Lipinski definition) is 1. The van der Waals surface area contributed by atoms with Gasteiger partial charge in [0.2, 0.25) is 0 Å². The number of likely N-dealkylation sites (N-methyl/N-ethyl adjacent to an activating group) is 1. The van der Waals surface area contributed by atoms with Crippen LogP contribution in [0.15, 0.2) is 0 Å². The topological polar surface area (TPSA) is 110 Å². The van der Waals surface area contributed by atoms with E-state index in [1.54, 1.807) is 11.8 Å². The molecule has 0 aromatic heterocycles. The van der Waals surface area contributed by atoms with Gasteiger partial charge in [-0.05, 0) is 117 Å². The van der Waals surface area contributed by atoms with Crippen molar-refractivity contribution < 1.29 is 28.7 Å². The fourth-order valence-corrected chi connectivity index (χ4v) is 16.7. The quantitative estimate of drug-likeness (QED) is 0.0595. The van der Waals surface area contributed by atoms with Gasteiger partial charge in [0.1, 0.15) is 29.7 Å². The van der Waals surface area contributed by atoms with Gasteiger partial charge in [-0.15, -0.1) is 0 Å². The smallest absolute Gasteiger partial charge is 0.158 e. The highest BCUT2D eigenvalue weighted by Gasteiger charge is 2.11. The zero-order valence-corrected chi connectivity index (χ0v) is 87.6. The maximum absolute atomic E-state index is 11.9. The summed E-state index contributed by atoms with van der Waals surface area (Å²) in [6, 6.07) is 0. The summed E-state index contributed by atoms with van der Waals surface area (Å²) < 4.78 is 5.38. The van der Waals surface area contributed by atoms with Gasteiger partial charge in [-0.3, -0.25) is 28.9 Å². The summed E-state index contributed by atoms with van der Waals surface area (Å²) in [5, 5.41) is 3.23. The molecular weight excluding hydrogens is 1500 g/mol. The van der Waals surface area contributed by atoms with Gasteiger partial charge in [0.15, 0.2) is 5.78 Å². The minimum Gasteiger partial charge on any atom is -0.373 e. The largest absolute Gasteiger partial charge is 0.373 e. The van der Waals surface area contributed by atoms with Crippen molar-refractivity contribution in [2.45, 2.75) is 575 Å². The Kier molecular flexibility index (Phi) is 110. The molecule has 9 heteroatoms. The molecule has 0 aliphatic rings. The Morgan fingerprint density at radius 3 is 0.727 bits per heavy atom. The highest BCUT2D eigenvalue weighted by Crippen LogP contribution is 2.22. The molecule has 0 spiro atoms. The van der Waals surface area contributed by atoms with Crippen LogP contribution in [0.4, 0.5) is 0 Å². The van der Waals surface area contributed by atoms with E-state index in [2.05, 4.69) is 156 Å². The highest BCUT2D eigenvalue weighted by molar-refractivity contribution is 7.99. The van der Waals surface area contributed by atoms with Crippen LogP contribution in [0, 0.1) is 59.2 Å². The van der Waals surface area contributed by atoms with E-state index >= 15 is 0 Å². The van der Waals surface area contributed by atoms with Gasteiger partial charge in [0.25, 0.3) is 0 Å². The zero-order chi connectivity index (χ0) is 91.1. The second-order valence-electron chi connectivity index (χ2n) is 42.5. The molecule has 0 atom stereocenters. The molecule has 0 unspecified atom stereocenters. The number of Topliss-reactive ketones (excluding diaryl/α,β-unsaturated/α-hetero) is 5. The summed E-state index contributed by atoms with van der Waals surface area (Å²) in [4.78, 5) is 60.8. The van der Waals surface area contributed by atoms with Crippen LogP contribution in [0.2, 0.25) is 0 Å². The lowest BCUT2D eigenvalue weighted by Crippen LogP contribution is -2.29. The van der Waals surface area contributed by atoms with E-state index in [-0.39, 0.29) is 5.78 Å². The number of thioether (sulfide) groups is 1. The van der Waals surface area contributed by atoms with E-state index in [9.17, 15) is 24.0 Å². The molecule has 0 heterocycles. The van der Waals surface area contributed by atoms with E-state index in [0.717, 1.165) is 131 Å². The van der Waals surface area contributed by atoms with E-state index in [1.165, 1.54) is 360 Å². The summed E-state index contributed by atoms with van der Waals surface area (Å²) in [6.45, 7) is 49.2. The molecule has 1 N–H and O–H groups in total. The number of rotatable bonds is 90. The van der Waals surface area contributed by atoms with Gasteiger partial charge in [-0.25, -0.2) is 0 Å². The van der Waals surface area contributed by atoms with Crippen LogP contribution in [0.25, 0.3) is 0 Å². The lowest BCUT2D eigenvalue weighted by atomic mass is 10.0. The highest BCUT2D eigenvalue weighted by atomic mass is 32.2. The molecule has 0 fully saturated rings. The van der Waals surface area contributed by atoms with E-state index < -0.39 is 0 Å². The number of ketones is 5. The third-order valence-corrected chi connectivity index (χ3v) is 24.8. The SMILES string of the molecule is CC(C)CCCCCCCCCCCCCC(=O)CCCC(C)C.CC(C)CCCCCCCCCCCCCC(=O)CN(C)CC(C)C.CC(C)CCCCCCCCCCCCCC(=O)CNCC(C)C.CC(C)CCCCCCCCCCCCCC(=O)COCC(C)C.CC(C)CCCCCCCCCCCCCC(=O)CSCC(C)C. The third-order valence-electron chi connectivity index (χ3n) is 23.3. The van der Waals surface area contributed by atoms with Crippen molar-refractivity contribution in [1.82, 2.24) is 10.2 Å². The van der Waals surface area contributed by atoms with E-state index in [0.29, 0.717) is 79.5 Å². The Morgan fingerprint density at radius 2 is 0.471 bits per heavy atom. The second-order valence-corrected chi connectivity index (χ2v) is 43.6. The first-order valence-corrected chi connectivity index (χ1v) is 55.3. The number of nitrogens with zero attached hydrogens (tertiary/aromatic N) is 1. The molecule has 0 bridgehead atoms. The van der Waals surface area contributed by atoms with E-state index in [1.807, 2.05) is 0 Å². The van der Waals surface area contributed by atoms with Crippen molar-refractivity contribution in [3.63, 3.8) is 0 Å². The normalized spacial score (nSPS) is 11.6. The maximum Gasteiger partial charge on any atom is 0.158 e. The molecule has 8 nitrogen and oxygen atoms in total. The van der Waals surface area contributed by atoms with Crippen molar-refractivity contribution in [3.8, 4) is 0 Å². The Morgan fingerprint density at radius 1 is 0.240 bits per heavy atom. The van der Waals surface area contributed by atoms with Crippen molar-refractivity contribution >= 4 is 40.7 Å². The van der Waals surface area contributed by atoms with Gasteiger partial charge in [-0.1, -0.05) is 498 Å². The van der Waals surface area contributed by atoms with Crippen LogP contribution in [0.5, 0.6) is 0 Å². The monoisotopic (exact) mass is 1730 g/mol. The van der Waals surface area contributed by atoms with Gasteiger partial charge in [0.05, 0.1) is 18.8 Å². The fraction of sp³-hybridized carbons (Fsp3) is 0.955. The molecule has 0 aromatic rings. The van der Waals surface area contributed by atoms with Crippen LogP contribution >= 0.6 is 11.8 Å². The van der Waals surface area contributed by atoms with Crippen molar-refractivity contribution in [2.24, 2.45) is 59.2 Å². The van der Waals surface area contributed by atoms with Gasteiger partial charge >= 0.3 is 0 Å². The number of carbonyl (C=O) groups excluding carboxylic acids is 5. The lowest BCUT2D eigenvalue weighted by Gasteiger charge is -2.17. The van der Waals surface area contributed by atoms with Gasteiger partial charge < -0.3 is 10.1 Å². The Bertz CT molecular complexity index is 1820. The molecule has 0 saturated carbocycles. The Hall–Kier alpha value is -1.42. The molecule has 0 rings (SSSR count). The van der Waals surface area contributed by atoms with Crippen LogP contribution in [-0.4, -0.2) is 91.8 Å². The zero-order valence-electron chi connectivity index (χ0n) is 86.8. The molecular formula is C112H226N2O6S. The third kappa shape index (κ3) is 132. The molecule has 0 aliphatic carbocycles. The fourth-order valence-electron chi connectivity index (χ4n) is 15.8. The number of ether oxygens (including phenoxy) is 1. The Balaban J connectivity index is -0.000000463. The summed E-state index contributed by atoms with van der Waals surface area (Å²) in [7, 11) is 2.06.